The summed E-state index contributed by atoms with van der Waals surface area (Å²) in [6, 6.07) is 8.86. The van der Waals surface area contributed by atoms with Crippen LogP contribution in [0.15, 0.2) is 18.2 Å². The minimum absolute atomic E-state index is 0.128. The van der Waals surface area contributed by atoms with E-state index in [1.807, 2.05) is 18.2 Å². The molecule has 0 fully saturated rings. The van der Waals surface area contributed by atoms with Crippen LogP contribution in [-0.4, -0.2) is 7.11 Å². The van der Waals surface area contributed by atoms with E-state index in [1.165, 1.54) is 5.56 Å². The third-order valence-corrected chi connectivity index (χ3v) is 1.85. The molecule has 1 aromatic carbocycles. The van der Waals surface area contributed by atoms with Crippen LogP contribution in [0.5, 0.6) is 5.75 Å². The molecule has 0 N–H and O–H groups in total. The summed E-state index contributed by atoms with van der Waals surface area (Å²) in [5, 5.41) is 0. The van der Waals surface area contributed by atoms with Gasteiger partial charge in [0.15, 0.2) is 0 Å². The van der Waals surface area contributed by atoms with E-state index in [0.29, 0.717) is 0 Å². The summed E-state index contributed by atoms with van der Waals surface area (Å²) in [6.07, 6.45) is 0. The Balaban J connectivity index is 3.14. The van der Waals surface area contributed by atoms with Crippen LogP contribution in [-0.2, 0) is 5.41 Å². The zero-order valence-corrected chi connectivity index (χ0v) is 8.14. The van der Waals surface area contributed by atoms with Crippen LogP contribution in [0.1, 0.15) is 26.3 Å². The molecule has 12 heavy (non-hydrogen) atoms. The Kier molecular flexibility index (Phi) is 2.41. The molecule has 0 unspecified atom stereocenters. The van der Waals surface area contributed by atoms with Gasteiger partial charge in [-0.25, -0.2) is 0 Å². The number of benzene rings is 1. The van der Waals surface area contributed by atoms with Crippen LogP contribution in [0.4, 0.5) is 0 Å². The summed E-state index contributed by atoms with van der Waals surface area (Å²) in [7, 11) is 1.70. The van der Waals surface area contributed by atoms with Gasteiger partial charge in [0.1, 0.15) is 5.75 Å². The van der Waals surface area contributed by atoms with Gasteiger partial charge >= 0.3 is 0 Å². The highest BCUT2D eigenvalue weighted by Crippen LogP contribution is 2.30. The fourth-order valence-electron chi connectivity index (χ4n) is 1.18. The SMILES string of the molecule is COc1cc[c]cc1C(C)(C)C. The first kappa shape index (κ1) is 9.11. The highest BCUT2D eigenvalue weighted by Gasteiger charge is 2.17. The molecule has 1 heteroatoms. The number of hydrogen-bond acceptors (Lipinski definition) is 1. The predicted octanol–water partition coefficient (Wildman–Crippen LogP) is 2.79. The van der Waals surface area contributed by atoms with Gasteiger partial charge in [0.2, 0.25) is 0 Å². The van der Waals surface area contributed by atoms with E-state index in [4.69, 9.17) is 4.74 Å². The normalized spacial score (nSPS) is 11.3. The number of hydrogen-bond donors (Lipinski definition) is 0. The molecule has 1 rings (SSSR count). The molecule has 1 aromatic rings. The van der Waals surface area contributed by atoms with Crippen LogP contribution in [0.3, 0.4) is 0 Å². The number of rotatable bonds is 1. The lowest BCUT2D eigenvalue weighted by Gasteiger charge is -2.21. The van der Waals surface area contributed by atoms with Gasteiger partial charge in [0.05, 0.1) is 7.11 Å². The lowest BCUT2D eigenvalue weighted by atomic mass is 9.86. The van der Waals surface area contributed by atoms with E-state index in [2.05, 4.69) is 26.8 Å². The van der Waals surface area contributed by atoms with Gasteiger partial charge in [0.25, 0.3) is 0 Å². The summed E-state index contributed by atoms with van der Waals surface area (Å²) >= 11 is 0. The Morgan fingerprint density at radius 2 is 2.00 bits per heavy atom. The minimum atomic E-state index is 0.128. The molecule has 0 aliphatic carbocycles. The van der Waals surface area contributed by atoms with E-state index >= 15 is 0 Å². The molecular formula is C11H15O. The summed E-state index contributed by atoms with van der Waals surface area (Å²) in [4.78, 5) is 0. The quantitative estimate of drug-likeness (QED) is 0.618. The lowest BCUT2D eigenvalue weighted by molar-refractivity contribution is 0.397. The largest absolute Gasteiger partial charge is 0.496 e. The fraction of sp³-hybridized carbons (Fsp3) is 0.455. The van der Waals surface area contributed by atoms with Crippen molar-refractivity contribution in [3.8, 4) is 5.75 Å². The molecule has 0 aliphatic heterocycles. The van der Waals surface area contributed by atoms with Crippen LogP contribution >= 0.6 is 0 Å². The molecule has 0 aliphatic rings. The first-order valence-electron chi connectivity index (χ1n) is 4.10. The molecule has 0 bridgehead atoms. The molecule has 0 spiro atoms. The standard InChI is InChI=1S/C11H15O/c1-11(2,3)9-7-5-6-8-10(9)12-4/h6-8H,1-4H3. The Morgan fingerprint density at radius 3 is 2.42 bits per heavy atom. The molecule has 1 nitrogen and oxygen atoms in total. The van der Waals surface area contributed by atoms with Gasteiger partial charge < -0.3 is 4.74 Å². The summed E-state index contributed by atoms with van der Waals surface area (Å²) in [5.74, 6) is 0.946. The molecule has 0 heterocycles. The maximum Gasteiger partial charge on any atom is 0.122 e. The van der Waals surface area contributed by atoms with Crippen molar-refractivity contribution in [3.05, 3.63) is 29.8 Å². The van der Waals surface area contributed by atoms with Gasteiger partial charge in [-0.05, 0) is 23.6 Å². The second kappa shape index (κ2) is 3.18. The van der Waals surface area contributed by atoms with E-state index in [-0.39, 0.29) is 5.41 Å². The van der Waals surface area contributed by atoms with Crippen molar-refractivity contribution < 1.29 is 4.74 Å². The Bertz CT molecular complexity index is 258. The summed E-state index contributed by atoms with van der Waals surface area (Å²) in [6.45, 7) is 6.50. The van der Waals surface area contributed by atoms with Crippen molar-refractivity contribution in [2.45, 2.75) is 26.2 Å². The highest BCUT2D eigenvalue weighted by atomic mass is 16.5. The van der Waals surface area contributed by atoms with Gasteiger partial charge in [-0.1, -0.05) is 26.8 Å². The highest BCUT2D eigenvalue weighted by molar-refractivity contribution is 5.37. The molecule has 0 aromatic heterocycles. The van der Waals surface area contributed by atoms with Crippen molar-refractivity contribution in [2.24, 2.45) is 0 Å². The predicted molar refractivity (Wildman–Crippen MR) is 50.5 cm³/mol. The molecule has 0 saturated heterocycles. The maximum atomic E-state index is 5.25. The van der Waals surface area contributed by atoms with Crippen LogP contribution < -0.4 is 4.74 Å². The summed E-state index contributed by atoms with van der Waals surface area (Å²) < 4.78 is 5.25. The molecule has 1 radical (unpaired) electrons. The van der Waals surface area contributed by atoms with Crippen molar-refractivity contribution in [3.63, 3.8) is 0 Å². The number of methoxy groups -OCH3 is 1. The average molecular weight is 163 g/mol. The van der Waals surface area contributed by atoms with E-state index in [1.54, 1.807) is 7.11 Å². The van der Waals surface area contributed by atoms with E-state index < -0.39 is 0 Å². The maximum absolute atomic E-state index is 5.25. The van der Waals surface area contributed by atoms with Crippen molar-refractivity contribution in [1.82, 2.24) is 0 Å². The second-order valence-corrected chi connectivity index (χ2v) is 3.88. The Labute approximate surface area is 74.4 Å². The molecule has 0 saturated carbocycles. The first-order valence-corrected chi connectivity index (χ1v) is 4.10. The second-order valence-electron chi connectivity index (χ2n) is 3.88. The molecule has 0 amide bonds. The topological polar surface area (TPSA) is 9.23 Å². The summed E-state index contributed by atoms with van der Waals surface area (Å²) in [5.41, 5.74) is 1.33. The Morgan fingerprint density at radius 1 is 1.33 bits per heavy atom. The number of ether oxygens (including phenoxy) is 1. The third kappa shape index (κ3) is 1.79. The van der Waals surface area contributed by atoms with Crippen molar-refractivity contribution in [1.29, 1.82) is 0 Å². The zero-order valence-electron chi connectivity index (χ0n) is 8.14. The minimum Gasteiger partial charge on any atom is -0.496 e. The lowest BCUT2D eigenvalue weighted by Crippen LogP contribution is -2.12. The first-order chi connectivity index (χ1) is 5.55. The molecular weight excluding hydrogens is 148 g/mol. The smallest absolute Gasteiger partial charge is 0.122 e. The average Bonchev–Trinajstić information content (AvgIpc) is 2.03. The van der Waals surface area contributed by atoms with E-state index in [9.17, 15) is 0 Å². The molecule has 65 valence electrons. The van der Waals surface area contributed by atoms with Gasteiger partial charge in [-0.3, -0.25) is 0 Å². The fourth-order valence-corrected chi connectivity index (χ4v) is 1.18. The van der Waals surface area contributed by atoms with Crippen LogP contribution in [0, 0.1) is 6.07 Å². The third-order valence-electron chi connectivity index (χ3n) is 1.85. The van der Waals surface area contributed by atoms with Gasteiger partial charge in [-0.15, -0.1) is 0 Å². The molecule has 0 atom stereocenters. The van der Waals surface area contributed by atoms with Gasteiger partial charge in [0, 0.05) is 5.56 Å². The Hall–Kier alpha value is -0.980. The van der Waals surface area contributed by atoms with Crippen LogP contribution in [0.2, 0.25) is 0 Å². The van der Waals surface area contributed by atoms with E-state index in [0.717, 1.165) is 5.75 Å². The zero-order chi connectivity index (χ0) is 9.19. The monoisotopic (exact) mass is 163 g/mol. The van der Waals surface area contributed by atoms with Gasteiger partial charge in [-0.2, -0.15) is 0 Å². The van der Waals surface area contributed by atoms with Crippen molar-refractivity contribution in [2.75, 3.05) is 7.11 Å². The van der Waals surface area contributed by atoms with Crippen molar-refractivity contribution >= 4 is 0 Å². The van der Waals surface area contributed by atoms with Crippen LogP contribution in [0.25, 0.3) is 0 Å².